The quantitative estimate of drug-likeness (QED) is 0.594. The number of Topliss-reactive ketones (excluding diaryl/α,β-unsaturated/α-hetero) is 1. The van der Waals surface area contributed by atoms with E-state index in [1.807, 2.05) is 29.8 Å². The molecule has 0 spiro atoms. The Balaban J connectivity index is 2.37. The van der Waals surface area contributed by atoms with Crippen molar-refractivity contribution >= 4 is 38.1 Å². The number of hydrogen-bond donors (Lipinski definition) is 0. The van der Waals surface area contributed by atoms with Gasteiger partial charge in [-0.15, -0.1) is 11.3 Å². The first-order valence-electron chi connectivity index (χ1n) is 5.02. The van der Waals surface area contributed by atoms with Gasteiger partial charge in [-0.05, 0) is 35.9 Å². The second-order valence-corrected chi connectivity index (χ2v) is 4.68. The highest BCUT2D eigenvalue weighted by Gasteiger charge is 2.03. The van der Waals surface area contributed by atoms with Crippen LogP contribution in [0.3, 0.4) is 0 Å². The molecule has 78 valence electrons. The molecule has 3 rings (SSSR count). The molecule has 0 saturated heterocycles. The van der Waals surface area contributed by atoms with Gasteiger partial charge >= 0.3 is 0 Å². The van der Waals surface area contributed by atoms with Gasteiger partial charge in [0.05, 0.1) is 15.7 Å². The number of carbonyl (C=O) groups excluding carboxylic acids is 1. The largest absolute Gasteiger partial charge is 0.295 e. The molecule has 2 aromatic carbocycles. The summed E-state index contributed by atoms with van der Waals surface area (Å²) in [6.07, 6.45) is 0. The summed E-state index contributed by atoms with van der Waals surface area (Å²) >= 11 is 1.63. The van der Waals surface area contributed by atoms with Crippen LogP contribution in [0.1, 0.15) is 17.3 Å². The minimum atomic E-state index is 0.0975. The number of hydrogen-bond acceptors (Lipinski definition) is 3. The van der Waals surface area contributed by atoms with Crippen LogP contribution in [-0.4, -0.2) is 10.8 Å². The molecule has 1 aromatic heterocycles. The molecule has 0 N–H and O–H groups in total. The standard InChI is InChI=1S/C13H9NOS/c1-8(15)9-2-3-10-6-13-12(14-7-16-13)5-11(10)4-9/h2-7H,1H3. The Morgan fingerprint density at radius 3 is 2.88 bits per heavy atom. The van der Waals surface area contributed by atoms with E-state index in [4.69, 9.17) is 0 Å². The number of benzene rings is 2. The second kappa shape index (κ2) is 3.39. The van der Waals surface area contributed by atoms with Crippen molar-refractivity contribution in [2.45, 2.75) is 6.92 Å². The minimum absolute atomic E-state index is 0.0975. The van der Waals surface area contributed by atoms with Crippen molar-refractivity contribution in [3.05, 3.63) is 41.4 Å². The summed E-state index contributed by atoms with van der Waals surface area (Å²) in [5, 5.41) is 2.23. The van der Waals surface area contributed by atoms with Gasteiger partial charge in [-0.3, -0.25) is 4.79 Å². The molecule has 0 atom stereocenters. The van der Waals surface area contributed by atoms with Crippen LogP contribution in [0, 0.1) is 0 Å². The van der Waals surface area contributed by atoms with E-state index in [0.717, 1.165) is 21.9 Å². The molecular weight excluding hydrogens is 218 g/mol. The van der Waals surface area contributed by atoms with E-state index in [-0.39, 0.29) is 5.78 Å². The van der Waals surface area contributed by atoms with Crippen LogP contribution in [0.5, 0.6) is 0 Å². The third kappa shape index (κ3) is 1.41. The lowest BCUT2D eigenvalue weighted by molar-refractivity contribution is 0.101. The van der Waals surface area contributed by atoms with Crippen molar-refractivity contribution in [3.63, 3.8) is 0 Å². The summed E-state index contributed by atoms with van der Waals surface area (Å²) in [4.78, 5) is 15.6. The Morgan fingerprint density at radius 1 is 1.19 bits per heavy atom. The number of rotatable bonds is 1. The Kier molecular flexibility index (Phi) is 2.01. The molecule has 0 saturated carbocycles. The Bertz CT molecular complexity index is 699. The van der Waals surface area contributed by atoms with Crippen LogP contribution in [0.4, 0.5) is 0 Å². The van der Waals surface area contributed by atoms with E-state index in [9.17, 15) is 4.79 Å². The van der Waals surface area contributed by atoms with Gasteiger partial charge in [0, 0.05) is 5.56 Å². The van der Waals surface area contributed by atoms with Gasteiger partial charge in [-0.25, -0.2) is 4.98 Å². The smallest absolute Gasteiger partial charge is 0.159 e. The van der Waals surface area contributed by atoms with Crippen LogP contribution >= 0.6 is 11.3 Å². The Hall–Kier alpha value is -1.74. The number of ketones is 1. The van der Waals surface area contributed by atoms with Gasteiger partial charge in [-0.1, -0.05) is 12.1 Å². The fourth-order valence-electron chi connectivity index (χ4n) is 1.82. The Morgan fingerprint density at radius 2 is 2.06 bits per heavy atom. The monoisotopic (exact) mass is 227 g/mol. The molecule has 0 fully saturated rings. The number of aromatic nitrogens is 1. The third-order valence-corrected chi connectivity index (χ3v) is 3.49. The van der Waals surface area contributed by atoms with Crippen molar-refractivity contribution in [3.8, 4) is 0 Å². The van der Waals surface area contributed by atoms with Crippen molar-refractivity contribution in [2.24, 2.45) is 0 Å². The van der Waals surface area contributed by atoms with Crippen LogP contribution in [-0.2, 0) is 0 Å². The highest BCUT2D eigenvalue weighted by molar-refractivity contribution is 7.16. The summed E-state index contributed by atoms with van der Waals surface area (Å²) in [5.74, 6) is 0.0975. The molecule has 1 heterocycles. The highest BCUT2D eigenvalue weighted by atomic mass is 32.1. The first kappa shape index (κ1) is 9.48. The number of fused-ring (bicyclic) bond motifs is 2. The Labute approximate surface area is 96.5 Å². The zero-order valence-corrected chi connectivity index (χ0v) is 9.54. The predicted octanol–water partition coefficient (Wildman–Crippen LogP) is 3.65. The van der Waals surface area contributed by atoms with Crippen molar-refractivity contribution in [1.29, 1.82) is 0 Å². The fourth-order valence-corrected chi connectivity index (χ4v) is 2.53. The first-order valence-corrected chi connectivity index (χ1v) is 5.90. The van der Waals surface area contributed by atoms with E-state index in [2.05, 4.69) is 11.1 Å². The third-order valence-electron chi connectivity index (χ3n) is 2.70. The maximum atomic E-state index is 11.3. The molecule has 2 nitrogen and oxygen atoms in total. The van der Waals surface area contributed by atoms with Crippen molar-refractivity contribution in [1.82, 2.24) is 4.98 Å². The zero-order valence-electron chi connectivity index (χ0n) is 8.73. The van der Waals surface area contributed by atoms with Gasteiger partial charge in [0.15, 0.2) is 5.78 Å². The summed E-state index contributed by atoms with van der Waals surface area (Å²) in [6.45, 7) is 1.59. The number of carbonyl (C=O) groups is 1. The van der Waals surface area contributed by atoms with Crippen LogP contribution in [0.25, 0.3) is 21.0 Å². The maximum absolute atomic E-state index is 11.3. The molecule has 0 aliphatic heterocycles. The molecule has 0 radical (unpaired) electrons. The topological polar surface area (TPSA) is 30.0 Å². The van der Waals surface area contributed by atoms with Crippen LogP contribution in [0.15, 0.2) is 35.8 Å². The van der Waals surface area contributed by atoms with E-state index in [0.29, 0.717) is 0 Å². The average molecular weight is 227 g/mol. The second-order valence-electron chi connectivity index (χ2n) is 3.79. The zero-order chi connectivity index (χ0) is 11.1. The lowest BCUT2D eigenvalue weighted by atomic mass is 10.0. The molecule has 0 bridgehead atoms. The van der Waals surface area contributed by atoms with Crippen molar-refractivity contribution < 1.29 is 4.79 Å². The molecular formula is C13H9NOS. The SMILES string of the molecule is CC(=O)c1ccc2cc3scnc3cc2c1. The summed E-state index contributed by atoms with van der Waals surface area (Å²) < 4.78 is 1.18. The van der Waals surface area contributed by atoms with Crippen LogP contribution < -0.4 is 0 Å². The summed E-state index contributed by atoms with van der Waals surface area (Å²) in [7, 11) is 0. The van der Waals surface area contributed by atoms with E-state index < -0.39 is 0 Å². The normalized spacial score (nSPS) is 11.1. The lowest BCUT2D eigenvalue weighted by Gasteiger charge is -2.00. The number of nitrogens with zero attached hydrogens (tertiary/aromatic N) is 1. The molecule has 0 amide bonds. The van der Waals surface area contributed by atoms with Gasteiger partial charge in [0.1, 0.15) is 0 Å². The molecule has 16 heavy (non-hydrogen) atoms. The van der Waals surface area contributed by atoms with Gasteiger partial charge in [-0.2, -0.15) is 0 Å². The van der Waals surface area contributed by atoms with E-state index in [1.165, 1.54) is 4.70 Å². The maximum Gasteiger partial charge on any atom is 0.159 e. The van der Waals surface area contributed by atoms with E-state index in [1.54, 1.807) is 18.3 Å². The predicted molar refractivity (Wildman–Crippen MR) is 67.1 cm³/mol. The molecule has 0 unspecified atom stereocenters. The van der Waals surface area contributed by atoms with Gasteiger partial charge < -0.3 is 0 Å². The van der Waals surface area contributed by atoms with E-state index >= 15 is 0 Å². The lowest BCUT2D eigenvalue weighted by Crippen LogP contribution is -1.90. The molecule has 0 aliphatic rings. The average Bonchev–Trinajstić information content (AvgIpc) is 2.71. The molecule has 3 aromatic rings. The fraction of sp³-hybridized carbons (Fsp3) is 0.0769. The molecule has 0 aliphatic carbocycles. The van der Waals surface area contributed by atoms with Gasteiger partial charge in [0.2, 0.25) is 0 Å². The summed E-state index contributed by atoms with van der Waals surface area (Å²) in [6, 6.07) is 9.94. The van der Waals surface area contributed by atoms with Crippen molar-refractivity contribution in [2.75, 3.05) is 0 Å². The number of thiazole rings is 1. The highest BCUT2D eigenvalue weighted by Crippen LogP contribution is 2.25. The minimum Gasteiger partial charge on any atom is -0.295 e. The van der Waals surface area contributed by atoms with Gasteiger partial charge in [0.25, 0.3) is 0 Å². The van der Waals surface area contributed by atoms with Crippen LogP contribution in [0.2, 0.25) is 0 Å². The summed E-state index contributed by atoms with van der Waals surface area (Å²) in [5.41, 5.74) is 3.59. The molecule has 3 heteroatoms. The first-order chi connectivity index (χ1) is 7.74.